The average Bonchev–Trinajstić information content (AvgIpc) is 3.04. The first-order valence-electron chi connectivity index (χ1n) is 6.74. The molecular weight excluding hydrogens is 318 g/mol. The Hall–Kier alpha value is -2.41. The molecule has 0 aliphatic carbocycles. The van der Waals surface area contributed by atoms with Crippen LogP contribution in [0.3, 0.4) is 0 Å². The monoisotopic (exact) mass is 335 g/mol. The maximum Gasteiger partial charge on any atom is 0.338 e. The number of furan rings is 1. The van der Waals surface area contributed by atoms with Gasteiger partial charge in [-0.2, -0.15) is 0 Å². The molecule has 0 aliphatic rings. The molecule has 1 N–H and O–H groups in total. The first-order chi connectivity index (χ1) is 11.0. The largest absolute Gasteiger partial charge is 0.496 e. The lowest BCUT2D eigenvalue weighted by Gasteiger charge is -2.17. The minimum absolute atomic E-state index is 0.00222. The predicted molar refractivity (Wildman–Crippen MR) is 86.2 cm³/mol. The Morgan fingerprint density at radius 1 is 1.35 bits per heavy atom. The minimum Gasteiger partial charge on any atom is -0.496 e. The summed E-state index contributed by atoms with van der Waals surface area (Å²) in [6.07, 6.45) is 3.02. The van der Waals surface area contributed by atoms with E-state index in [4.69, 9.17) is 14.3 Å². The number of methoxy groups -OCH3 is 1. The van der Waals surface area contributed by atoms with Crippen molar-refractivity contribution in [2.45, 2.75) is 11.4 Å². The van der Waals surface area contributed by atoms with E-state index in [0.29, 0.717) is 6.54 Å². The number of ether oxygens (including phenoxy) is 1. The molecule has 0 saturated carbocycles. The first kappa shape index (κ1) is 17.0. The highest BCUT2D eigenvalue weighted by Gasteiger charge is 2.18. The summed E-state index contributed by atoms with van der Waals surface area (Å²) in [5, 5.41) is 8.86. The Bertz CT molecular complexity index is 725. The van der Waals surface area contributed by atoms with Gasteiger partial charge in [0.25, 0.3) is 5.91 Å². The van der Waals surface area contributed by atoms with Gasteiger partial charge in [0.15, 0.2) is 5.76 Å². The molecule has 0 saturated heterocycles. The summed E-state index contributed by atoms with van der Waals surface area (Å²) < 4.78 is 10.4. The van der Waals surface area contributed by atoms with E-state index in [0.717, 1.165) is 22.5 Å². The summed E-state index contributed by atoms with van der Waals surface area (Å²) in [4.78, 5) is 25.6. The van der Waals surface area contributed by atoms with E-state index in [1.54, 1.807) is 25.9 Å². The Morgan fingerprint density at radius 2 is 2.09 bits per heavy atom. The van der Waals surface area contributed by atoms with Gasteiger partial charge in [0.2, 0.25) is 0 Å². The number of nitrogens with zero attached hydrogens (tertiary/aromatic N) is 1. The zero-order valence-corrected chi connectivity index (χ0v) is 13.8. The van der Waals surface area contributed by atoms with E-state index in [1.807, 2.05) is 24.5 Å². The fourth-order valence-electron chi connectivity index (χ4n) is 2.07. The molecule has 7 heteroatoms. The normalized spacial score (nSPS) is 10.4. The molecular formula is C16H17NO5S. The fraction of sp³-hybridized carbons (Fsp3) is 0.250. The van der Waals surface area contributed by atoms with Crippen LogP contribution in [0.15, 0.2) is 39.8 Å². The Labute approximate surface area is 138 Å². The Kier molecular flexibility index (Phi) is 5.33. The van der Waals surface area contributed by atoms with Crippen molar-refractivity contribution in [2.75, 3.05) is 20.4 Å². The number of carboxylic acids is 1. The van der Waals surface area contributed by atoms with Crippen LogP contribution in [-0.2, 0) is 6.54 Å². The van der Waals surface area contributed by atoms with Gasteiger partial charge in [0.1, 0.15) is 12.0 Å². The quantitative estimate of drug-likeness (QED) is 0.818. The number of carbonyl (C=O) groups is 2. The first-order valence-corrected chi connectivity index (χ1v) is 7.97. The summed E-state index contributed by atoms with van der Waals surface area (Å²) in [6.45, 7) is 0.354. The number of aromatic carboxylic acids is 1. The number of carboxylic acid groups (broad SMARTS) is 1. The fourth-order valence-corrected chi connectivity index (χ4v) is 2.62. The lowest BCUT2D eigenvalue weighted by molar-refractivity contribution is 0.0695. The molecule has 1 aromatic carbocycles. The van der Waals surface area contributed by atoms with Crippen molar-refractivity contribution in [1.82, 2.24) is 4.90 Å². The van der Waals surface area contributed by atoms with Crippen LogP contribution in [-0.4, -0.2) is 42.3 Å². The maximum absolute atomic E-state index is 12.3. The highest BCUT2D eigenvalue weighted by atomic mass is 32.2. The molecule has 122 valence electrons. The summed E-state index contributed by atoms with van der Waals surface area (Å²) in [5.74, 6) is -0.766. The van der Waals surface area contributed by atoms with Crippen LogP contribution in [0.25, 0.3) is 0 Å². The topological polar surface area (TPSA) is 80.0 Å². The van der Waals surface area contributed by atoms with E-state index in [9.17, 15) is 9.59 Å². The SMILES string of the molecule is COc1cc(CN(C)C(=O)c2cc(C(=O)O)co2)ccc1SC. The molecule has 0 bridgehead atoms. The van der Waals surface area contributed by atoms with Gasteiger partial charge in [-0.1, -0.05) is 6.07 Å². The number of benzene rings is 1. The predicted octanol–water partition coefficient (Wildman–Crippen LogP) is 2.98. The molecule has 0 fully saturated rings. The molecule has 23 heavy (non-hydrogen) atoms. The number of amides is 1. The van der Waals surface area contributed by atoms with Crippen molar-refractivity contribution in [3.63, 3.8) is 0 Å². The number of thioether (sulfide) groups is 1. The van der Waals surface area contributed by atoms with E-state index >= 15 is 0 Å². The third-order valence-corrected chi connectivity index (χ3v) is 4.05. The zero-order chi connectivity index (χ0) is 17.0. The maximum atomic E-state index is 12.3. The number of rotatable bonds is 6. The second kappa shape index (κ2) is 7.23. The average molecular weight is 335 g/mol. The highest BCUT2D eigenvalue weighted by molar-refractivity contribution is 7.98. The van der Waals surface area contributed by atoms with Crippen LogP contribution in [0.2, 0.25) is 0 Å². The molecule has 1 aromatic heterocycles. The highest BCUT2D eigenvalue weighted by Crippen LogP contribution is 2.28. The summed E-state index contributed by atoms with van der Waals surface area (Å²) in [7, 11) is 3.23. The summed E-state index contributed by atoms with van der Waals surface area (Å²) >= 11 is 1.58. The number of hydrogen-bond donors (Lipinski definition) is 1. The van der Waals surface area contributed by atoms with Gasteiger partial charge in [0.05, 0.1) is 12.7 Å². The van der Waals surface area contributed by atoms with Gasteiger partial charge >= 0.3 is 5.97 Å². The second-order valence-corrected chi connectivity index (χ2v) is 5.70. The molecule has 1 heterocycles. The van der Waals surface area contributed by atoms with Crippen LogP contribution >= 0.6 is 11.8 Å². The lowest BCUT2D eigenvalue weighted by Crippen LogP contribution is -2.25. The number of carbonyl (C=O) groups excluding carboxylic acids is 1. The van der Waals surface area contributed by atoms with Gasteiger partial charge in [0, 0.05) is 24.6 Å². The van der Waals surface area contributed by atoms with Crippen LogP contribution in [0.4, 0.5) is 0 Å². The Morgan fingerprint density at radius 3 is 2.65 bits per heavy atom. The van der Waals surface area contributed by atoms with Crippen molar-refractivity contribution in [3.8, 4) is 5.75 Å². The second-order valence-electron chi connectivity index (χ2n) is 4.86. The van der Waals surface area contributed by atoms with Crippen molar-refractivity contribution >= 4 is 23.6 Å². The molecule has 0 unspecified atom stereocenters. The molecule has 0 atom stereocenters. The molecule has 2 aromatic rings. The lowest BCUT2D eigenvalue weighted by atomic mass is 10.2. The van der Waals surface area contributed by atoms with E-state index in [1.165, 1.54) is 11.0 Å². The van der Waals surface area contributed by atoms with Crippen LogP contribution in [0.1, 0.15) is 26.5 Å². The molecule has 0 radical (unpaired) electrons. The van der Waals surface area contributed by atoms with Crippen molar-refractivity contribution in [3.05, 3.63) is 47.4 Å². The third-order valence-electron chi connectivity index (χ3n) is 3.27. The van der Waals surface area contributed by atoms with E-state index < -0.39 is 5.97 Å². The van der Waals surface area contributed by atoms with Gasteiger partial charge in [-0.05, 0) is 24.0 Å². The Balaban J connectivity index is 2.12. The van der Waals surface area contributed by atoms with Crippen LogP contribution in [0, 0.1) is 0 Å². The van der Waals surface area contributed by atoms with Crippen LogP contribution < -0.4 is 4.74 Å². The zero-order valence-electron chi connectivity index (χ0n) is 13.0. The minimum atomic E-state index is -1.13. The van der Waals surface area contributed by atoms with Crippen molar-refractivity contribution in [1.29, 1.82) is 0 Å². The molecule has 0 spiro atoms. The van der Waals surface area contributed by atoms with Gasteiger partial charge in [-0.15, -0.1) is 11.8 Å². The smallest absolute Gasteiger partial charge is 0.338 e. The molecule has 0 aliphatic heterocycles. The standard InChI is InChI=1S/C16H17NO5S/c1-17(15(18)13-7-11(9-22-13)16(19)20)8-10-4-5-14(23-3)12(6-10)21-2/h4-7,9H,8H2,1-3H3,(H,19,20). The molecule has 1 amide bonds. The van der Waals surface area contributed by atoms with Gasteiger partial charge in [-0.3, -0.25) is 4.79 Å². The summed E-state index contributed by atoms with van der Waals surface area (Å²) in [6, 6.07) is 6.95. The molecule has 2 rings (SSSR count). The van der Waals surface area contributed by atoms with Crippen molar-refractivity contribution < 1.29 is 23.8 Å². The van der Waals surface area contributed by atoms with E-state index in [-0.39, 0.29) is 17.2 Å². The van der Waals surface area contributed by atoms with Crippen LogP contribution in [0.5, 0.6) is 5.75 Å². The van der Waals surface area contributed by atoms with E-state index in [2.05, 4.69) is 0 Å². The van der Waals surface area contributed by atoms with Gasteiger partial charge < -0.3 is 19.2 Å². The van der Waals surface area contributed by atoms with Crippen molar-refractivity contribution in [2.24, 2.45) is 0 Å². The summed E-state index contributed by atoms with van der Waals surface area (Å²) in [5.41, 5.74) is 0.855. The van der Waals surface area contributed by atoms with Gasteiger partial charge in [-0.25, -0.2) is 4.79 Å². The number of hydrogen-bond acceptors (Lipinski definition) is 5. The molecule has 6 nitrogen and oxygen atoms in total. The third kappa shape index (κ3) is 3.87.